The minimum absolute atomic E-state index is 0.0237. The minimum atomic E-state index is -3.00. The van der Waals surface area contributed by atoms with Gasteiger partial charge in [0.2, 0.25) is 5.91 Å². The quantitative estimate of drug-likeness (QED) is 0.387. The van der Waals surface area contributed by atoms with Gasteiger partial charge in [-0.25, -0.2) is 12.8 Å². The average molecular weight is 424 g/mol. The van der Waals surface area contributed by atoms with Crippen LogP contribution in [-0.2, 0) is 21.1 Å². The fourth-order valence-corrected chi connectivity index (χ4v) is 5.08. The topological polar surface area (TPSA) is 115 Å². The van der Waals surface area contributed by atoms with Gasteiger partial charge < -0.3 is 20.9 Å². The van der Waals surface area contributed by atoms with Crippen molar-refractivity contribution < 1.29 is 17.6 Å². The monoisotopic (exact) mass is 423 g/mol. The number of fused-ring (bicyclic) bond motifs is 1. The van der Waals surface area contributed by atoms with Crippen LogP contribution in [0.25, 0.3) is 10.9 Å². The second-order valence-electron chi connectivity index (χ2n) is 7.10. The molecule has 1 atom stereocenters. The third kappa shape index (κ3) is 5.93. The molecule has 3 rings (SSSR count). The summed E-state index contributed by atoms with van der Waals surface area (Å²) in [4.78, 5) is 19.2. The van der Waals surface area contributed by atoms with E-state index in [2.05, 4.69) is 25.9 Å². The number of benzene rings is 1. The van der Waals surface area contributed by atoms with Crippen molar-refractivity contribution in [1.29, 1.82) is 0 Å². The van der Waals surface area contributed by atoms with Crippen molar-refractivity contribution in [2.24, 2.45) is 4.99 Å². The lowest BCUT2D eigenvalue weighted by Crippen LogP contribution is -2.41. The summed E-state index contributed by atoms with van der Waals surface area (Å²) in [5, 5.41) is 10.00. The van der Waals surface area contributed by atoms with Crippen LogP contribution >= 0.6 is 0 Å². The molecule has 0 bridgehead atoms. The molecular formula is C19H26FN5O3S. The maximum absolute atomic E-state index is 13.3. The summed E-state index contributed by atoms with van der Waals surface area (Å²) in [6.07, 6.45) is 3.30. The lowest BCUT2D eigenvalue weighted by atomic mass is 10.1. The Morgan fingerprint density at radius 3 is 2.83 bits per heavy atom. The van der Waals surface area contributed by atoms with Gasteiger partial charge in [-0.05, 0) is 36.6 Å². The molecule has 1 aromatic carbocycles. The number of sulfone groups is 1. The highest BCUT2D eigenvalue weighted by atomic mass is 32.2. The standard InChI is InChI=1S/C19H26FN5O3S/c1-21-19(23-8-5-18(26)25-15-6-9-29(27,28)12-15)22-7-4-13-11-24-17-10-14(20)2-3-16(13)17/h2-3,10-11,15,24H,4-9,12H2,1H3,(H,25,26)(H2,21,22,23). The summed E-state index contributed by atoms with van der Waals surface area (Å²) in [7, 11) is -1.36. The number of guanidine groups is 1. The highest BCUT2D eigenvalue weighted by Crippen LogP contribution is 2.19. The molecule has 0 spiro atoms. The smallest absolute Gasteiger partial charge is 0.222 e. The summed E-state index contributed by atoms with van der Waals surface area (Å²) < 4.78 is 36.1. The Hall–Kier alpha value is -2.62. The van der Waals surface area contributed by atoms with Crippen molar-refractivity contribution in [3.8, 4) is 0 Å². The Bertz CT molecular complexity index is 1000. The highest BCUT2D eigenvalue weighted by molar-refractivity contribution is 7.91. The predicted molar refractivity (Wildman–Crippen MR) is 111 cm³/mol. The Morgan fingerprint density at radius 1 is 1.31 bits per heavy atom. The second-order valence-corrected chi connectivity index (χ2v) is 9.33. The molecule has 1 aromatic heterocycles. The lowest BCUT2D eigenvalue weighted by Gasteiger charge is -2.13. The molecule has 1 aliphatic heterocycles. The number of hydrogen-bond donors (Lipinski definition) is 4. The van der Waals surface area contributed by atoms with Crippen LogP contribution in [0.4, 0.5) is 4.39 Å². The van der Waals surface area contributed by atoms with Gasteiger partial charge in [0.1, 0.15) is 5.82 Å². The maximum atomic E-state index is 13.3. The van der Waals surface area contributed by atoms with E-state index < -0.39 is 9.84 Å². The van der Waals surface area contributed by atoms with Crippen LogP contribution in [-0.4, -0.2) is 63.0 Å². The van der Waals surface area contributed by atoms with Crippen LogP contribution in [0.15, 0.2) is 29.4 Å². The number of amides is 1. The molecule has 1 amide bonds. The van der Waals surface area contributed by atoms with E-state index in [9.17, 15) is 17.6 Å². The number of rotatable bonds is 7. The molecule has 1 aliphatic rings. The fraction of sp³-hybridized carbons (Fsp3) is 0.474. The number of hydrogen-bond acceptors (Lipinski definition) is 4. The van der Waals surface area contributed by atoms with Crippen LogP contribution in [0, 0.1) is 5.82 Å². The van der Waals surface area contributed by atoms with E-state index in [0.29, 0.717) is 25.5 Å². The summed E-state index contributed by atoms with van der Waals surface area (Å²) in [6.45, 7) is 1.01. The summed E-state index contributed by atoms with van der Waals surface area (Å²) in [6, 6.07) is 4.39. The molecule has 1 unspecified atom stereocenters. The Balaban J connectivity index is 1.37. The fourth-order valence-electron chi connectivity index (χ4n) is 3.40. The van der Waals surface area contributed by atoms with Gasteiger partial charge in [-0.1, -0.05) is 0 Å². The third-order valence-electron chi connectivity index (χ3n) is 4.88. The van der Waals surface area contributed by atoms with Gasteiger partial charge in [-0.3, -0.25) is 9.79 Å². The lowest BCUT2D eigenvalue weighted by molar-refractivity contribution is -0.121. The number of nitrogens with zero attached hydrogens (tertiary/aromatic N) is 1. The van der Waals surface area contributed by atoms with Crippen LogP contribution < -0.4 is 16.0 Å². The molecule has 1 saturated heterocycles. The van der Waals surface area contributed by atoms with E-state index in [1.165, 1.54) is 12.1 Å². The molecule has 8 nitrogen and oxygen atoms in total. The second kappa shape index (κ2) is 9.25. The average Bonchev–Trinajstić information content (AvgIpc) is 3.22. The van der Waals surface area contributed by atoms with E-state index in [0.717, 1.165) is 22.9 Å². The Morgan fingerprint density at radius 2 is 2.10 bits per heavy atom. The highest BCUT2D eigenvalue weighted by Gasteiger charge is 2.28. The molecule has 158 valence electrons. The van der Waals surface area contributed by atoms with Gasteiger partial charge >= 0.3 is 0 Å². The molecule has 0 saturated carbocycles. The number of H-pyrrole nitrogens is 1. The van der Waals surface area contributed by atoms with Gasteiger partial charge in [0.15, 0.2) is 15.8 Å². The zero-order valence-electron chi connectivity index (χ0n) is 16.3. The summed E-state index contributed by atoms with van der Waals surface area (Å²) in [5.74, 6) is 0.286. The van der Waals surface area contributed by atoms with Gasteiger partial charge in [0.05, 0.1) is 11.5 Å². The largest absolute Gasteiger partial charge is 0.361 e. The predicted octanol–water partition coefficient (Wildman–Crippen LogP) is 0.708. The first-order valence-electron chi connectivity index (χ1n) is 9.56. The van der Waals surface area contributed by atoms with Crippen molar-refractivity contribution in [1.82, 2.24) is 20.9 Å². The summed E-state index contributed by atoms with van der Waals surface area (Å²) in [5.41, 5.74) is 1.84. The van der Waals surface area contributed by atoms with Gasteiger partial charge in [-0.15, -0.1) is 0 Å². The first-order chi connectivity index (χ1) is 13.9. The number of halogens is 1. The maximum Gasteiger partial charge on any atom is 0.222 e. The number of aromatic nitrogens is 1. The van der Waals surface area contributed by atoms with E-state index in [1.54, 1.807) is 13.1 Å². The van der Waals surface area contributed by atoms with Gasteiger partial charge in [0.25, 0.3) is 0 Å². The molecular weight excluding hydrogens is 397 g/mol. The molecule has 1 fully saturated rings. The number of aliphatic imine (C=N–C) groups is 1. The Labute approximate surface area is 169 Å². The van der Waals surface area contributed by atoms with Gasteiger partial charge in [-0.2, -0.15) is 0 Å². The minimum Gasteiger partial charge on any atom is -0.361 e. The van der Waals surface area contributed by atoms with E-state index in [1.807, 2.05) is 6.20 Å². The van der Waals surface area contributed by atoms with Crippen molar-refractivity contribution in [3.63, 3.8) is 0 Å². The molecule has 4 N–H and O–H groups in total. The third-order valence-corrected chi connectivity index (χ3v) is 6.65. The van der Waals surface area contributed by atoms with Crippen molar-refractivity contribution in [2.45, 2.75) is 25.3 Å². The van der Waals surface area contributed by atoms with Crippen LogP contribution in [0.2, 0.25) is 0 Å². The van der Waals surface area contributed by atoms with Gasteiger partial charge in [0, 0.05) is 49.7 Å². The summed E-state index contributed by atoms with van der Waals surface area (Å²) >= 11 is 0. The molecule has 0 aliphatic carbocycles. The zero-order chi connectivity index (χ0) is 20.9. The van der Waals surface area contributed by atoms with Crippen LogP contribution in [0.3, 0.4) is 0 Å². The van der Waals surface area contributed by atoms with Crippen molar-refractivity contribution in [2.75, 3.05) is 31.6 Å². The molecule has 0 radical (unpaired) electrons. The first kappa shape index (κ1) is 21.1. The van der Waals surface area contributed by atoms with E-state index in [-0.39, 0.29) is 35.7 Å². The molecule has 29 heavy (non-hydrogen) atoms. The molecule has 2 aromatic rings. The molecule has 10 heteroatoms. The SMILES string of the molecule is CN=C(NCCC(=O)NC1CCS(=O)(=O)C1)NCCc1c[nH]c2cc(F)ccc12. The number of aromatic amines is 1. The number of carbonyl (C=O) groups is 1. The van der Waals surface area contributed by atoms with Crippen molar-refractivity contribution >= 4 is 32.6 Å². The first-order valence-corrected chi connectivity index (χ1v) is 11.4. The van der Waals surface area contributed by atoms with Crippen molar-refractivity contribution in [3.05, 3.63) is 35.8 Å². The van der Waals surface area contributed by atoms with E-state index in [4.69, 9.17) is 0 Å². The van der Waals surface area contributed by atoms with E-state index >= 15 is 0 Å². The Kier molecular flexibility index (Phi) is 6.73. The normalized spacial score (nSPS) is 18.7. The number of carbonyl (C=O) groups excluding carboxylic acids is 1. The van der Waals surface area contributed by atoms with Crippen LogP contribution in [0.5, 0.6) is 0 Å². The molecule has 2 heterocycles. The number of nitrogens with one attached hydrogen (secondary N) is 4. The zero-order valence-corrected chi connectivity index (χ0v) is 17.1. The van der Waals surface area contributed by atoms with Crippen LogP contribution in [0.1, 0.15) is 18.4 Å².